The molecule has 0 aromatic heterocycles. The molecule has 0 heterocycles. The van der Waals surface area contributed by atoms with Crippen molar-refractivity contribution in [2.24, 2.45) is 0 Å². The molecule has 0 aliphatic heterocycles. The molecule has 4 heteroatoms. The van der Waals surface area contributed by atoms with Gasteiger partial charge in [0.05, 0.1) is 5.60 Å². The van der Waals surface area contributed by atoms with Gasteiger partial charge in [-0.05, 0) is 13.0 Å². The molecule has 15 heavy (non-hydrogen) atoms. The van der Waals surface area contributed by atoms with E-state index in [-0.39, 0.29) is 18.6 Å². The van der Waals surface area contributed by atoms with E-state index in [1.807, 2.05) is 0 Å². The molecule has 1 aromatic carbocycles. The van der Waals surface area contributed by atoms with Crippen LogP contribution in [0.1, 0.15) is 18.9 Å². The Morgan fingerprint density at radius 3 is 2.67 bits per heavy atom. The molecule has 1 aromatic rings. The highest BCUT2D eigenvalue weighted by atomic mass is 19.2. The molecule has 0 bridgehead atoms. The first-order chi connectivity index (χ1) is 6.99. The van der Waals surface area contributed by atoms with Crippen LogP contribution in [0, 0.1) is 11.6 Å². The fourth-order valence-corrected chi connectivity index (χ4v) is 1.36. The second-order valence-corrected chi connectivity index (χ2v) is 3.62. The van der Waals surface area contributed by atoms with Gasteiger partial charge in [0, 0.05) is 25.7 Å². The average molecular weight is 216 g/mol. The summed E-state index contributed by atoms with van der Waals surface area (Å²) in [6, 6.07) is 3.76. The van der Waals surface area contributed by atoms with Crippen LogP contribution in [0.4, 0.5) is 8.78 Å². The van der Waals surface area contributed by atoms with Gasteiger partial charge >= 0.3 is 0 Å². The summed E-state index contributed by atoms with van der Waals surface area (Å²) in [7, 11) is 1.48. The molecule has 1 unspecified atom stereocenters. The summed E-state index contributed by atoms with van der Waals surface area (Å²) in [4.78, 5) is 0. The summed E-state index contributed by atoms with van der Waals surface area (Å²) in [5, 5.41) is 9.94. The van der Waals surface area contributed by atoms with E-state index in [1.54, 1.807) is 0 Å². The zero-order chi connectivity index (χ0) is 11.5. The van der Waals surface area contributed by atoms with Crippen LogP contribution in [-0.4, -0.2) is 18.8 Å². The molecule has 0 fully saturated rings. The summed E-state index contributed by atoms with van der Waals surface area (Å²) >= 11 is 0. The number of ether oxygens (including phenoxy) is 1. The molecule has 0 saturated carbocycles. The minimum atomic E-state index is -1.41. The van der Waals surface area contributed by atoms with Gasteiger partial charge in [-0.1, -0.05) is 12.1 Å². The number of hydrogen-bond donors (Lipinski definition) is 1. The van der Waals surface area contributed by atoms with Gasteiger partial charge in [-0.25, -0.2) is 8.78 Å². The Bertz CT molecular complexity index is 337. The topological polar surface area (TPSA) is 29.5 Å². The second-order valence-electron chi connectivity index (χ2n) is 3.62. The van der Waals surface area contributed by atoms with Crippen molar-refractivity contribution in [3.63, 3.8) is 0 Å². The normalized spacial score (nSPS) is 15.0. The third-order valence-corrected chi connectivity index (χ3v) is 2.32. The third kappa shape index (κ3) is 2.73. The number of methoxy groups -OCH3 is 1. The number of aliphatic hydroxyl groups is 1. The zero-order valence-electron chi connectivity index (χ0n) is 8.76. The van der Waals surface area contributed by atoms with Crippen LogP contribution in [0.2, 0.25) is 0 Å². The van der Waals surface area contributed by atoms with Crippen molar-refractivity contribution in [3.05, 3.63) is 35.4 Å². The minimum absolute atomic E-state index is 0.0421. The molecule has 1 rings (SSSR count). The first kappa shape index (κ1) is 12.1. The Kier molecular flexibility index (Phi) is 3.77. The van der Waals surface area contributed by atoms with Crippen molar-refractivity contribution in [2.75, 3.05) is 13.7 Å². The van der Waals surface area contributed by atoms with Crippen molar-refractivity contribution in [1.82, 2.24) is 0 Å². The molecule has 2 nitrogen and oxygen atoms in total. The van der Waals surface area contributed by atoms with Gasteiger partial charge in [-0.3, -0.25) is 0 Å². The van der Waals surface area contributed by atoms with E-state index in [2.05, 4.69) is 0 Å². The van der Waals surface area contributed by atoms with Crippen LogP contribution in [0.25, 0.3) is 0 Å². The smallest absolute Gasteiger partial charge is 0.164 e. The summed E-state index contributed by atoms with van der Waals surface area (Å²) in [5.41, 5.74) is -1.46. The van der Waals surface area contributed by atoms with Gasteiger partial charge in [0.25, 0.3) is 0 Å². The van der Waals surface area contributed by atoms with Crippen molar-refractivity contribution in [1.29, 1.82) is 0 Å². The van der Waals surface area contributed by atoms with Crippen LogP contribution in [0.15, 0.2) is 18.2 Å². The Morgan fingerprint density at radius 1 is 1.40 bits per heavy atom. The predicted octanol–water partition coefficient (Wildman–Crippen LogP) is 2.21. The highest BCUT2D eigenvalue weighted by Gasteiger charge is 2.27. The zero-order valence-corrected chi connectivity index (χ0v) is 8.76. The quantitative estimate of drug-likeness (QED) is 0.836. The lowest BCUT2D eigenvalue weighted by molar-refractivity contribution is 0.0176. The van der Waals surface area contributed by atoms with Crippen LogP contribution < -0.4 is 0 Å². The summed E-state index contributed by atoms with van der Waals surface area (Å²) < 4.78 is 31.1. The number of hydrogen-bond acceptors (Lipinski definition) is 2. The first-order valence-corrected chi connectivity index (χ1v) is 4.65. The van der Waals surface area contributed by atoms with Gasteiger partial charge in [-0.2, -0.15) is 0 Å². The van der Waals surface area contributed by atoms with Crippen molar-refractivity contribution in [2.45, 2.75) is 18.9 Å². The molecule has 0 aliphatic carbocycles. The maximum Gasteiger partial charge on any atom is 0.164 e. The van der Waals surface area contributed by atoms with Crippen LogP contribution in [0.5, 0.6) is 0 Å². The van der Waals surface area contributed by atoms with E-state index in [1.165, 1.54) is 26.2 Å². The largest absolute Gasteiger partial charge is 0.385 e. The Hall–Kier alpha value is -1.00. The third-order valence-electron chi connectivity index (χ3n) is 2.32. The van der Waals surface area contributed by atoms with Gasteiger partial charge < -0.3 is 9.84 Å². The van der Waals surface area contributed by atoms with Crippen molar-refractivity contribution >= 4 is 0 Å². The van der Waals surface area contributed by atoms with Crippen molar-refractivity contribution in [3.8, 4) is 0 Å². The van der Waals surface area contributed by atoms with E-state index in [9.17, 15) is 13.9 Å². The molecule has 0 radical (unpaired) electrons. The van der Waals surface area contributed by atoms with E-state index in [0.717, 1.165) is 6.07 Å². The summed E-state index contributed by atoms with van der Waals surface area (Å²) in [6.45, 7) is 1.72. The van der Waals surface area contributed by atoms with Gasteiger partial charge in [0.2, 0.25) is 0 Å². The Balaban J connectivity index is 2.98. The van der Waals surface area contributed by atoms with Crippen LogP contribution >= 0.6 is 0 Å². The summed E-state index contributed by atoms with van der Waals surface area (Å²) in [6.07, 6.45) is 0.212. The maximum absolute atomic E-state index is 13.3. The molecule has 0 amide bonds. The second kappa shape index (κ2) is 4.68. The van der Waals surface area contributed by atoms with E-state index in [0.29, 0.717) is 0 Å². The lowest BCUT2D eigenvalue weighted by Gasteiger charge is -2.23. The number of halogens is 2. The summed E-state index contributed by atoms with van der Waals surface area (Å²) in [5.74, 6) is -1.95. The monoisotopic (exact) mass is 216 g/mol. The molecule has 0 saturated heterocycles. The first-order valence-electron chi connectivity index (χ1n) is 4.65. The van der Waals surface area contributed by atoms with Gasteiger partial charge in [-0.15, -0.1) is 0 Å². The van der Waals surface area contributed by atoms with E-state index >= 15 is 0 Å². The van der Waals surface area contributed by atoms with Crippen molar-refractivity contribution < 1.29 is 18.6 Å². The van der Waals surface area contributed by atoms with Gasteiger partial charge in [0.15, 0.2) is 11.6 Å². The van der Waals surface area contributed by atoms with Crippen LogP contribution in [-0.2, 0) is 10.3 Å². The predicted molar refractivity (Wildman–Crippen MR) is 52.4 cm³/mol. The number of rotatable bonds is 4. The Morgan fingerprint density at radius 2 is 2.07 bits per heavy atom. The highest BCUT2D eigenvalue weighted by molar-refractivity contribution is 5.24. The van der Waals surface area contributed by atoms with Crippen LogP contribution in [0.3, 0.4) is 0 Å². The molecule has 0 spiro atoms. The van der Waals surface area contributed by atoms with Gasteiger partial charge in [0.1, 0.15) is 0 Å². The molecule has 1 N–H and O–H groups in total. The molecule has 84 valence electrons. The Labute approximate surface area is 87.5 Å². The fraction of sp³-hybridized carbons (Fsp3) is 0.455. The lowest BCUT2D eigenvalue weighted by atomic mass is 9.92. The van der Waals surface area contributed by atoms with E-state index < -0.39 is 17.2 Å². The molecule has 0 aliphatic rings. The van der Waals surface area contributed by atoms with E-state index in [4.69, 9.17) is 4.74 Å². The lowest BCUT2D eigenvalue weighted by Crippen LogP contribution is -2.25. The molecular formula is C11H14F2O2. The number of benzene rings is 1. The highest BCUT2D eigenvalue weighted by Crippen LogP contribution is 2.27. The fourth-order valence-electron chi connectivity index (χ4n) is 1.36. The standard InChI is InChI=1S/C11H14F2O2/c1-11(14,6-7-15-2)8-4-3-5-9(12)10(8)13/h3-5,14H,6-7H2,1-2H3. The average Bonchev–Trinajstić information content (AvgIpc) is 2.19. The minimum Gasteiger partial charge on any atom is -0.385 e. The maximum atomic E-state index is 13.3. The molecular weight excluding hydrogens is 202 g/mol. The SMILES string of the molecule is COCCC(C)(O)c1cccc(F)c1F. The molecule has 1 atom stereocenters.